The Kier molecular flexibility index (Phi) is 4.07. The Labute approximate surface area is 97.3 Å². The summed E-state index contributed by atoms with van der Waals surface area (Å²) in [5.41, 5.74) is 7.71. The maximum Gasteiger partial charge on any atom is 0.123 e. The number of aryl methyl sites for hydroxylation is 2. The summed E-state index contributed by atoms with van der Waals surface area (Å²) in [6, 6.07) is 1.69. The molecule has 4 N–H and O–H groups in total. The van der Waals surface area contributed by atoms with Gasteiger partial charge in [-0.1, -0.05) is 15.9 Å². The molecule has 1 rings (SSSR count). The highest BCUT2D eigenvalue weighted by molar-refractivity contribution is 9.09. The van der Waals surface area contributed by atoms with Gasteiger partial charge < -0.3 is 15.9 Å². The molecule has 1 aromatic heterocycles. The molecule has 0 saturated heterocycles. The summed E-state index contributed by atoms with van der Waals surface area (Å²) < 4.78 is 0. The third kappa shape index (κ3) is 2.68. The van der Waals surface area contributed by atoms with E-state index in [0.29, 0.717) is 22.4 Å². The van der Waals surface area contributed by atoms with Crippen LogP contribution in [0.15, 0.2) is 6.07 Å². The van der Waals surface area contributed by atoms with Crippen LogP contribution in [-0.2, 0) is 0 Å². The van der Waals surface area contributed by atoms with E-state index in [9.17, 15) is 10.2 Å². The number of halogens is 1. The smallest absolute Gasteiger partial charge is 0.123 e. The number of hydrogen-bond acceptors (Lipinski definition) is 4. The van der Waals surface area contributed by atoms with Gasteiger partial charge in [0.25, 0.3) is 0 Å². The van der Waals surface area contributed by atoms with E-state index in [1.807, 2.05) is 6.92 Å². The molecule has 1 aromatic rings. The van der Waals surface area contributed by atoms with Crippen molar-refractivity contribution in [2.24, 2.45) is 0 Å². The van der Waals surface area contributed by atoms with Gasteiger partial charge >= 0.3 is 0 Å². The zero-order chi connectivity index (χ0) is 11.6. The molecule has 84 valence electrons. The minimum atomic E-state index is -0.933. The molecule has 0 spiro atoms. The lowest BCUT2D eigenvalue weighted by molar-refractivity contribution is 0.0332. The van der Waals surface area contributed by atoms with Gasteiger partial charge in [0.2, 0.25) is 0 Å². The van der Waals surface area contributed by atoms with Crippen LogP contribution in [0.3, 0.4) is 0 Å². The first kappa shape index (κ1) is 12.4. The van der Waals surface area contributed by atoms with Crippen molar-refractivity contribution in [3.8, 4) is 0 Å². The molecule has 0 aliphatic carbocycles. The van der Waals surface area contributed by atoms with Crippen LogP contribution in [0.25, 0.3) is 0 Å². The van der Waals surface area contributed by atoms with Gasteiger partial charge in [0, 0.05) is 16.6 Å². The lowest BCUT2D eigenvalue weighted by atomic mass is 9.99. The number of rotatable bonds is 3. The van der Waals surface area contributed by atoms with Gasteiger partial charge in [0.15, 0.2) is 0 Å². The predicted molar refractivity (Wildman–Crippen MR) is 62.9 cm³/mol. The Morgan fingerprint density at radius 3 is 2.53 bits per heavy atom. The fraction of sp³-hybridized carbons (Fsp3) is 0.500. The van der Waals surface area contributed by atoms with Gasteiger partial charge in [0.1, 0.15) is 11.9 Å². The van der Waals surface area contributed by atoms with Crippen LogP contribution in [0.1, 0.15) is 22.9 Å². The number of nitrogens with zero attached hydrogens (tertiary/aromatic N) is 1. The number of anilines is 1. The average Bonchev–Trinajstić information content (AvgIpc) is 2.14. The van der Waals surface area contributed by atoms with Gasteiger partial charge in [-0.3, -0.25) is 0 Å². The monoisotopic (exact) mass is 274 g/mol. The molecule has 15 heavy (non-hydrogen) atoms. The molecule has 0 fully saturated rings. The second-order valence-electron chi connectivity index (χ2n) is 3.53. The van der Waals surface area contributed by atoms with Crippen molar-refractivity contribution in [2.75, 3.05) is 11.1 Å². The number of aliphatic hydroxyl groups excluding tert-OH is 2. The second-order valence-corrected chi connectivity index (χ2v) is 4.18. The molecule has 0 aliphatic rings. The molecule has 4 nitrogen and oxygen atoms in total. The first-order valence-corrected chi connectivity index (χ1v) is 5.75. The molecule has 0 bridgehead atoms. The third-order valence-corrected chi connectivity index (χ3v) is 2.96. The largest absolute Gasteiger partial charge is 0.389 e. The third-order valence-electron chi connectivity index (χ3n) is 2.29. The standard InChI is InChI=1S/C10H15BrN2O2/c1-5-3-8(12)13-6(2)9(5)10(15)7(14)4-11/h3,7,10,14-15H,4H2,1-2H3,(H2,12,13). The van der Waals surface area contributed by atoms with E-state index >= 15 is 0 Å². The molecule has 0 aromatic carbocycles. The lowest BCUT2D eigenvalue weighted by Crippen LogP contribution is -2.21. The van der Waals surface area contributed by atoms with Crippen LogP contribution in [0.4, 0.5) is 5.82 Å². The number of aromatic nitrogens is 1. The van der Waals surface area contributed by atoms with E-state index in [4.69, 9.17) is 5.73 Å². The number of nitrogen functional groups attached to an aromatic ring is 1. The van der Waals surface area contributed by atoms with Gasteiger partial charge in [-0.05, 0) is 25.5 Å². The summed E-state index contributed by atoms with van der Waals surface area (Å²) in [5, 5.41) is 19.7. The van der Waals surface area contributed by atoms with Crippen LogP contribution < -0.4 is 5.73 Å². The van der Waals surface area contributed by atoms with Crippen molar-refractivity contribution in [3.05, 3.63) is 22.9 Å². The van der Waals surface area contributed by atoms with Gasteiger partial charge in [-0.25, -0.2) is 4.98 Å². The number of nitrogens with two attached hydrogens (primary N) is 1. The fourth-order valence-corrected chi connectivity index (χ4v) is 1.95. The van der Waals surface area contributed by atoms with Crippen LogP contribution in [0.5, 0.6) is 0 Å². The SMILES string of the molecule is Cc1cc(N)nc(C)c1C(O)C(O)CBr. The maximum absolute atomic E-state index is 9.88. The van der Waals surface area contributed by atoms with E-state index in [1.54, 1.807) is 13.0 Å². The van der Waals surface area contributed by atoms with E-state index in [0.717, 1.165) is 5.56 Å². The summed E-state index contributed by atoms with van der Waals surface area (Å²) in [4.78, 5) is 4.06. The van der Waals surface area contributed by atoms with Crippen molar-refractivity contribution < 1.29 is 10.2 Å². The molecule has 0 saturated carbocycles. The average molecular weight is 275 g/mol. The quantitative estimate of drug-likeness (QED) is 0.721. The summed E-state index contributed by atoms with van der Waals surface area (Å²) in [6.07, 6.45) is -1.77. The molecule has 0 radical (unpaired) electrons. The molecule has 0 amide bonds. The predicted octanol–water partition coefficient (Wildman–Crippen LogP) is 1.07. The summed E-state index contributed by atoms with van der Waals surface area (Å²) in [6.45, 7) is 3.60. The summed E-state index contributed by atoms with van der Waals surface area (Å²) in [5.74, 6) is 0.425. The molecule has 0 aliphatic heterocycles. The first-order chi connectivity index (χ1) is 6.97. The van der Waals surface area contributed by atoms with E-state index < -0.39 is 12.2 Å². The fourth-order valence-electron chi connectivity index (χ4n) is 1.60. The van der Waals surface area contributed by atoms with Crippen molar-refractivity contribution >= 4 is 21.7 Å². The Balaban J connectivity index is 3.13. The highest BCUT2D eigenvalue weighted by Crippen LogP contribution is 2.25. The minimum absolute atomic E-state index is 0.317. The van der Waals surface area contributed by atoms with Crippen LogP contribution in [-0.4, -0.2) is 26.6 Å². The van der Waals surface area contributed by atoms with Crippen molar-refractivity contribution in [1.82, 2.24) is 4.98 Å². The van der Waals surface area contributed by atoms with Gasteiger partial charge in [-0.15, -0.1) is 0 Å². The Bertz CT molecular complexity index is 334. The normalized spacial score (nSPS) is 15.0. The molecule has 2 atom stereocenters. The van der Waals surface area contributed by atoms with Gasteiger partial charge in [-0.2, -0.15) is 0 Å². The number of pyridine rings is 1. The van der Waals surface area contributed by atoms with E-state index in [-0.39, 0.29) is 0 Å². The Morgan fingerprint density at radius 2 is 2.07 bits per heavy atom. The van der Waals surface area contributed by atoms with Crippen LogP contribution >= 0.6 is 15.9 Å². The number of hydrogen-bond donors (Lipinski definition) is 3. The van der Waals surface area contributed by atoms with Crippen LogP contribution in [0, 0.1) is 13.8 Å². The Hall–Kier alpha value is -0.650. The topological polar surface area (TPSA) is 79.4 Å². The minimum Gasteiger partial charge on any atom is -0.389 e. The van der Waals surface area contributed by atoms with Crippen molar-refractivity contribution in [2.45, 2.75) is 26.1 Å². The maximum atomic E-state index is 9.88. The summed E-state index contributed by atoms with van der Waals surface area (Å²) in [7, 11) is 0. The lowest BCUT2D eigenvalue weighted by Gasteiger charge is -2.19. The first-order valence-electron chi connectivity index (χ1n) is 4.63. The van der Waals surface area contributed by atoms with Crippen molar-refractivity contribution in [3.63, 3.8) is 0 Å². The molecular weight excluding hydrogens is 260 g/mol. The highest BCUT2D eigenvalue weighted by Gasteiger charge is 2.21. The van der Waals surface area contributed by atoms with Crippen molar-refractivity contribution in [1.29, 1.82) is 0 Å². The zero-order valence-electron chi connectivity index (χ0n) is 8.74. The Morgan fingerprint density at radius 1 is 1.47 bits per heavy atom. The highest BCUT2D eigenvalue weighted by atomic mass is 79.9. The van der Waals surface area contributed by atoms with Crippen LogP contribution in [0.2, 0.25) is 0 Å². The second kappa shape index (κ2) is 4.92. The summed E-state index contributed by atoms with van der Waals surface area (Å²) >= 11 is 3.12. The molecule has 1 heterocycles. The molecule has 5 heteroatoms. The molecule has 2 unspecified atom stereocenters. The number of aliphatic hydroxyl groups is 2. The van der Waals surface area contributed by atoms with Gasteiger partial charge in [0.05, 0.1) is 6.10 Å². The number of alkyl halides is 1. The van der Waals surface area contributed by atoms with E-state index in [2.05, 4.69) is 20.9 Å². The molecular formula is C10H15BrN2O2. The zero-order valence-corrected chi connectivity index (χ0v) is 10.3. The van der Waals surface area contributed by atoms with E-state index in [1.165, 1.54) is 0 Å².